The van der Waals surface area contributed by atoms with E-state index in [4.69, 9.17) is 27.9 Å². The molecule has 1 heterocycles. The standard InChI is InChI=1S/C16H15Cl2NO2/c1-2-5-14(16(20)11-6-4-9-19-10-11)21-13-8-3-7-12(17)15(13)18/h3-4,6-10,14H,2,5H2,1H3. The first-order valence-corrected chi connectivity index (χ1v) is 7.44. The van der Waals surface area contributed by atoms with Crippen LogP contribution >= 0.6 is 23.2 Å². The van der Waals surface area contributed by atoms with Gasteiger partial charge >= 0.3 is 0 Å². The lowest BCUT2D eigenvalue weighted by Gasteiger charge is -2.18. The first-order valence-electron chi connectivity index (χ1n) is 6.68. The second kappa shape index (κ2) is 7.43. The summed E-state index contributed by atoms with van der Waals surface area (Å²) in [6.07, 6.45) is 3.97. The normalized spacial score (nSPS) is 12.0. The Balaban J connectivity index is 2.23. The predicted octanol–water partition coefficient (Wildman–Crippen LogP) is 4.82. The minimum Gasteiger partial charge on any atom is -0.481 e. The monoisotopic (exact) mass is 323 g/mol. The number of ether oxygens (including phenoxy) is 1. The van der Waals surface area contributed by atoms with Gasteiger partial charge in [-0.1, -0.05) is 42.6 Å². The highest BCUT2D eigenvalue weighted by Gasteiger charge is 2.22. The van der Waals surface area contributed by atoms with Crippen LogP contribution in [0.15, 0.2) is 42.7 Å². The summed E-state index contributed by atoms with van der Waals surface area (Å²) in [5, 5.41) is 0.720. The maximum Gasteiger partial charge on any atom is 0.204 e. The fourth-order valence-electron chi connectivity index (χ4n) is 1.93. The number of carbonyl (C=O) groups is 1. The number of aromatic nitrogens is 1. The molecule has 0 amide bonds. The molecule has 0 fully saturated rings. The van der Waals surface area contributed by atoms with Crippen LogP contribution in [-0.2, 0) is 0 Å². The molecular weight excluding hydrogens is 309 g/mol. The number of hydrogen-bond acceptors (Lipinski definition) is 3. The van der Waals surface area contributed by atoms with E-state index in [-0.39, 0.29) is 5.78 Å². The summed E-state index contributed by atoms with van der Waals surface area (Å²) in [4.78, 5) is 16.5. The number of nitrogens with zero attached hydrogens (tertiary/aromatic N) is 1. The molecule has 3 nitrogen and oxygen atoms in total. The lowest BCUT2D eigenvalue weighted by atomic mass is 10.0. The second-order valence-corrected chi connectivity index (χ2v) is 5.34. The van der Waals surface area contributed by atoms with Crippen molar-refractivity contribution in [1.29, 1.82) is 0 Å². The summed E-state index contributed by atoms with van der Waals surface area (Å²) in [6, 6.07) is 8.56. The van der Waals surface area contributed by atoms with Crippen molar-refractivity contribution < 1.29 is 9.53 Å². The van der Waals surface area contributed by atoms with Crippen LogP contribution < -0.4 is 4.74 Å². The number of Topliss-reactive ketones (excluding diaryl/α,β-unsaturated/α-hetero) is 1. The first kappa shape index (κ1) is 15.8. The summed E-state index contributed by atoms with van der Waals surface area (Å²) in [6.45, 7) is 1.99. The van der Waals surface area contributed by atoms with Gasteiger partial charge in [-0.05, 0) is 30.7 Å². The Hall–Kier alpha value is -1.58. The Kier molecular flexibility index (Phi) is 5.59. The fourth-order valence-corrected chi connectivity index (χ4v) is 2.26. The van der Waals surface area contributed by atoms with Crippen LogP contribution in [0, 0.1) is 0 Å². The van der Waals surface area contributed by atoms with E-state index in [9.17, 15) is 4.79 Å². The molecule has 1 aromatic carbocycles. The summed E-state index contributed by atoms with van der Waals surface area (Å²) in [7, 11) is 0. The van der Waals surface area contributed by atoms with Gasteiger partial charge in [0.15, 0.2) is 6.10 Å². The van der Waals surface area contributed by atoms with Crippen LogP contribution in [0.4, 0.5) is 0 Å². The third-order valence-electron chi connectivity index (χ3n) is 2.97. The Morgan fingerprint density at radius 1 is 1.29 bits per heavy atom. The molecule has 2 rings (SSSR count). The van der Waals surface area contributed by atoms with Crippen LogP contribution in [0.25, 0.3) is 0 Å². The molecule has 21 heavy (non-hydrogen) atoms. The molecular formula is C16H15Cl2NO2. The number of pyridine rings is 1. The molecule has 0 N–H and O–H groups in total. The van der Waals surface area contributed by atoms with Gasteiger partial charge in [0.25, 0.3) is 0 Å². The number of hydrogen-bond donors (Lipinski definition) is 0. The number of benzene rings is 1. The zero-order chi connectivity index (χ0) is 15.2. The zero-order valence-corrected chi connectivity index (χ0v) is 13.1. The maximum absolute atomic E-state index is 12.5. The van der Waals surface area contributed by atoms with Crippen molar-refractivity contribution in [3.05, 3.63) is 58.3 Å². The van der Waals surface area contributed by atoms with Gasteiger partial charge in [0.05, 0.1) is 5.02 Å². The number of halogens is 2. The third kappa shape index (κ3) is 3.96. The SMILES string of the molecule is CCCC(Oc1cccc(Cl)c1Cl)C(=O)c1cccnc1. The summed E-state index contributed by atoms with van der Waals surface area (Å²) >= 11 is 12.1. The Labute approximate surface area is 133 Å². The average molecular weight is 324 g/mol. The van der Waals surface area contributed by atoms with E-state index in [0.717, 1.165) is 6.42 Å². The largest absolute Gasteiger partial charge is 0.481 e. The Bertz CT molecular complexity index is 617. The maximum atomic E-state index is 12.5. The van der Waals surface area contributed by atoms with E-state index in [1.54, 1.807) is 36.5 Å². The van der Waals surface area contributed by atoms with Gasteiger partial charge < -0.3 is 4.74 Å². The molecule has 0 saturated heterocycles. The quantitative estimate of drug-likeness (QED) is 0.715. The van der Waals surface area contributed by atoms with E-state index in [2.05, 4.69) is 4.98 Å². The van der Waals surface area contributed by atoms with E-state index < -0.39 is 6.10 Å². The number of carbonyl (C=O) groups excluding carboxylic acids is 1. The van der Waals surface area contributed by atoms with Gasteiger partial charge in [0.1, 0.15) is 10.8 Å². The van der Waals surface area contributed by atoms with Crippen LogP contribution in [0.3, 0.4) is 0 Å². The molecule has 0 aliphatic heterocycles. The molecule has 0 aliphatic carbocycles. The van der Waals surface area contributed by atoms with Crippen LogP contribution in [0.1, 0.15) is 30.1 Å². The van der Waals surface area contributed by atoms with E-state index in [0.29, 0.717) is 27.8 Å². The zero-order valence-electron chi connectivity index (χ0n) is 11.6. The van der Waals surface area contributed by atoms with Gasteiger partial charge in [0.2, 0.25) is 5.78 Å². The molecule has 1 unspecified atom stereocenters. The van der Waals surface area contributed by atoms with Gasteiger partial charge in [0, 0.05) is 18.0 Å². The smallest absolute Gasteiger partial charge is 0.204 e. The van der Waals surface area contributed by atoms with Crippen LogP contribution in [-0.4, -0.2) is 16.9 Å². The number of ketones is 1. The predicted molar refractivity (Wildman–Crippen MR) is 84.4 cm³/mol. The van der Waals surface area contributed by atoms with Crippen LogP contribution in [0.2, 0.25) is 10.0 Å². The fraction of sp³-hybridized carbons (Fsp3) is 0.250. The lowest BCUT2D eigenvalue weighted by molar-refractivity contribution is 0.0777. The molecule has 2 aromatic rings. The molecule has 110 valence electrons. The summed E-state index contributed by atoms with van der Waals surface area (Å²) in [5.74, 6) is 0.306. The Morgan fingerprint density at radius 2 is 2.10 bits per heavy atom. The molecule has 0 radical (unpaired) electrons. The van der Waals surface area contributed by atoms with Crippen molar-refractivity contribution >= 4 is 29.0 Å². The highest BCUT2D eigenvalue weighted by atomic mass is 35.5. The topological polar surface area (TPSA) is 39.2 Å². The van der Waals surface area contributed by atoms with Crippen LogP contribution in [0.5, 0.6) is 5.75 Å². The highest BCUT2D eigenvalue weighted by Crippen LogP contribution is 2.32. The molecule has 1 atom stereocenters. The third-order valence-corrected chi connectivity index (χ3v) is 3.78. The van der Waals surface area contributed by atoms with Gasteiger partial charge in [-0.15, -0.1) is 0 Å². The van der Waals surface area contributed by atoms with Crippen molar-refractivity contribution in [1.82, 2.24) is 4.98 Å². The molecule has 0 spiro atoms. The first-order chi connectivity index (χ1) is 10.1. The van der Waals surface area contributed by atoms with Crippen molar-refractivity contribution in [3.8, 4) is 5.75 Å². The highest BCUT2D eigenvalue weighted by molar-refractivity contribution is 6.42. The van der Waals surface area contributed by atoms with Crippen molar-refractivity contribution in [3.63, 3.8) is 0 Å². The second-order valence-electron chi connectivity index (χ2n) is 4.55. The van der Waals surface area contributed by atoms with Crippen molar-refractivity contribution in [2.24, 2.45) is 0 Å². The summed E-state index contributed by atoms with van der Waals surface area (Å²) < 4.78 is 5.79. The van der Waals surface area contributed by atoms with Gasteiger partial charge in [-0.3, -0.25) is 9.78 Å². The van der Waals surface area contributed by atoms with Gasteiger partial charge in [-0.25, -0.2) is 0 Å². The van der Waals surface area contributed by atoms with Crippen molar-refractivity contribution in [2.75, 3.05) is 0 Å². The molecule has 0 saturated carbocycles. The Morgan fingerprint density at radius 3 is 2.76 bits per heavy atom. The molecule has 1 aromatic heterocycles. The number of rotatable bonds is 6. The summed E-state index contributed by atoms with van der Waals surface area (Å²) in [5.41, 5.74) is 0.522. The van der Waals surface area contributed by atoms with Gasteiger partial charge in [-0.2, -0.15) is 0 Å². The lowest BCUT2D eigenvalue weighted by Crippen LogP contribution is -2.27. The molecule has 0 aliphatic rings. The average Bonchev–Trinajstić information content (AvgIpc) is 2.51. The molecule has 0 bridgehead atoms. The minimum absolute atomic E-state index is 0.110. The van der Waals surface area contributed by atoms with E-state index in [1.807, 2.05) is 6.92 Å². The molecule has 5 heteroatoms. The minimum atomic E-state index is -0.602. The van der Waals surface area contributed by atoms with Crippen molar-refractivity contribution in [2.45, 2.75) is 25.9 Å². The van der Waals surface area contributed by atoms with E-state index in [1.165, 1.54) is 6.20 Å². The van der Waals surface area contributed by atoms with E-state index >= 15 is 0 Å².